The molecule has 0 saturated heterocycles. The number of hydrogen-bond donors (Lipinski definition) is 0. The zero-order valence-electron chi connectivity index (χ0n) is 23.1. The molecule has 0 spiro atoms. The van der Waals surface area contributed by atoms with Crippen LogP contribution in [0.2, 0.25) is 0 Å². The van der Waals surface area contributed by atoms with Crippen LogP contribution < -0.4 is 0 Å². The van der Waals surface area contributed by atoms with Crippen molar-refractivity contribution < 1.29 is 0 Å². The Hall–Kier alpha value is -2.34. The van der Waals surface area contributed by atoms with Crippen molar-refractivity contribution in [2.45, 2.75) is 86.0 Å². The largest absolute Gasteiger partial charge is 0.102 e. The van der Waals surface area contributed by atoms with E-state index < -0.39 is 0 Å². The van der Waals surface area contributed by atoms with Gasteiger partial charge >= 0.3 is 0 Å². The van der Waals surface area contributed by atoms with E-state index in [4.69, 9.17) is 0 Å². The fourth-order valence-electron chi connectivity index (χ4n) is 6.13. The highest BCUT2D eigenvalue weighted by atomic mass is 14.3. The highest BCUT2D eigenvalue weighted by Crippen LogP contribution is 2.45. The Morgan fingerprint density at radius 1 is 1.09 bits per heavy atom. The summed E-state index contributed by atoms with van der Waals surface area (Å²) >= 11 is 0. The Balaban J connectivity index is 1.88. The first-order valence-corrected chi connectivity index (χ1v) is 14.0. The van der Waals surface area contributed by atoms with Crippen molar-refractivity contribution in [1.82, 2.24) is 0 Å². The molecular weight excluding hydrogens is 420 g/mol. The Labute approximate surface area is 216 Å². The van der Waals surface area contributed by atoms with Crippen LogP contribution in [0.15, 0.2) is 107 Å². The lowest BCUT2D eigenvalue weighted by atomic mass is 9.71. The van der Waals surface area contributed by atoms with Gasteiger partial charge in [-0.15, -0.1) is 6.58 Å². The molecule has 0 heterocycles. The molecule has 0 aromatic carbocycles. The SMILES string of the molecule is C=CC1=C(C2C=CC=C(C(C)C=C)C2)CCC(C2CC=C(/C(=C/C)CC(C)CC)CC2)=C1/C=C\C. The smallest absolute Gasteiger partial charge is 0.00267 e. The molecule has 3 aliphatic carbocycles. The van der Waals surface area contributed by atoms with Crippen molar-refractivity contribution in [3.8, 4) is 0 Å². The maximum atomic E-state index is 4.29. The third kappa shape index (κ3) is 6.46. The fourth-order valence-corrected chi connectivity index (χ4v) is 6.13. The highest BCUT2D eigenvalue weighted by molar-refractivity contribution is 5.56. The standard InChI is InChI=1S/C35H48/c1-8-14-35-32(12-5)34(31-16-13-15-30(24-31)26(7)10-3)22-21-33(35)29-19-17-28(18-20-29)27(11-4)23-25(6)9-2/h8,10-17,25-26,29,31H,3,5,9,18-24H2,1-2,4,6-7H3/b14-8-,27-11+. The van der Waals surface area contributed by atoms with Crippen LogP contribution in [0.4, 0.5) is 0 Å². The van der Waals surface area contributed by atoms with Crippen LogP contribution >= 0.6 is 0 Å². The van der Waals surface area contributed by atoms with Gasteiger partial charge in [-0.05, 0) is 98.8 Å². The lowest BCUT2D eigenvalue weighted by molar-refractivity contribution is 0.502. The summed E-state index contributed by atoms with van der Waals surface area (Å²) in [6, 6.07) is 0. The van der Waals surface area contributed by atoms with E-state index in [9.17, 15) is 0 Å². The van der Waals surface area contributed by atoms with Crippen molar-refractivity contribution in [3.05, 3.63) is 107 Å². The third-order valence-corrected chi connectivity index (χ3v) is 8.61. The minimum Gasteiger partial charge on any atom is -0.102 e. The molecule has 0 fully saturated rings. The molecule has 0 saturated carbocycles. The van der Waals surface area contributed by atoms with Gasteiger partial charge in [0.2, 0.25) is 0 Å². The van der Waals surface area contributed by atoms with E-state index in [0.29, 0.717) is 17.8 Å². The molecule has 0 radical (unpaired) electrons. The summed E-state index contributed by atoms with van der Waals surface area (Å²) in [6.07, 6.45) is 30.3. The molecule has 4 atom stereocenters. The van der Waals surface area contributed by atoms with Crippen LogP contribution in [0.25, 0.3) is 0 Å². The van der Waals surface area contributed by atoms with Gasteiger partial charge < -0.3 is 0 Å². The Morgan fingerprint density at radius 2 is 1.86 bits per heavy atom. The van der Waals surface area contributed by atoms with Crippen LogP contribution in [0.1, 0.15) is 86.0 Å². The molecule has 0 amide bonds. The quantitative estimate of drug-likeness (QED) is 0.280. The normalized spacial score (nSPS) is 25.5. The second-order valence-electron chi connectivity index (χ2n) is 10.8. The molecule has 35 heavy (non-hydrogen) atoms. The summed E-state index contributed by atoms with van der Waals surface area (Å²) in [5, 5.41) is 0. The molecule has 0 nitrogen and oxygen atoms in total. The van der Waals surface area contributed by atoms with E-state index in [-0.39, 0.29) is 0 Å². The molecule has 0 aromatic rings. The molecule has 3 rings (SSSR count). The van der Waals surface area contributed by atoms with Gasteiger partial charge in [-0.2, -0.15) is 0 Å². The average Bonchev–Trinajstić information content (AvgIpc) is 2.91. The first kappa shape index (κ1) is 27.3. The minimum atomic E-state index is 0.436. The van der Waals surface area contributed by atoms with Gasteiger partial charge in [-0.25, -0.2) is 0 Å². The number of hydrogen-bond acceptors (Lipinski definition) is 0. The van der Waals surface area contributed by atoms with Crippen LogP contribution in [0.5, 0.6) is 0 Å². The predicted octanol–water partition coefficient (Wildman–Crippen LogP) is 10.6. The second kappa shape index (κ2) is 13.1. The average molecular weight is 469 g/mol. The van der Waals surface area contributed by atoms with Crippen LogP contribution in [-0.2, 0) is 0 Å². The van der Waals surface area contributed by atoms with Crippen LogP contribution in [0, 0.1) is 23.7 Å². The van der Waals surface area contributed by atoms with Gasteiger partial charge in [0.1, 0.15) is 0 Å². The van der Waals surface area contributed by atoms with Crippen molar-refractivity contribution >= 4 is 0 Å². The van der Waals surface area contributed by atoms with Gasteiger partial charge in [-0.1, -0.05) is 105 Å². The molecule has 0 heteroatoms. The second-order valence-corrected chi connectivity index (χ2v) is 10.8. The van der Waals surface area contributed by atoms with E-state index in [0.717, 1.165) is 18.8 Å². The monoisotopic (exact) mass is 468 g/mol. The lowest BCUT2D eigenvalue weighted by Gasteiger charge is -2.34. The Bertz CT molecular complexity index is 997. The number of rotatable bonds is 10. The first-order valence-electron chi connectivity index (χ1n) is 14.0. The molecule has 0 aliphatic heterocycles. The summed E-state index contributed by atoms with van der Waals surface area (Å²) < 4.78 is 0. The van der Waals surface area contributed by atoms with Crippen molar-refractivity contribution in [2.24, 2.45) is 23.7 Å². The zero-order chi connectivity index (χ0) is 25.4. The first-order chi connectivity index (χ1) is 17.0. The fraction of sp³-hybridized carbons (Fsp3) is 0.486. The van der Waals surface area contributed by atoms with E-state index in [2.05, 4.69) is 102 Å². The maximum Gasteiger partial charge on any atom is 0.00267 e. The van der Waals surface area contributed by atoms with Gasteiger partial charge in [0.05, 0.1) is 0 Å². The zero-order valence-corrected chi connectivity index (χ0v) is 23.1. The van der Waals surface area contributed by atoms with Crippen molar-refractivity contribution in [2.75, 3.05) is 0 Å². The van der Waals surface area contributed by atoms with Gasteiger partial charge in [0.15, 0.2) is 0 Å². The highest BCUT2D eigenvalue weighted by Gasteiger charge is 2.29. The molecule has 0 aromatic heterocycles. The van der Waals surface area contributed by atoms with Gasteiger partial charge in [0, 0.05) is 5.92 Å². The van der Waals surface area contributed by atoms with E-state index in [1.54, 1.807) is 22.3 Å². The molecule has 0 bridgehead atoms. The topological polar surface area (TPSA) is 0 Å². The van der Waals surface area contributed by atoms with Crippen molar-refractivity contribution in [1.29, 1.82) is 0 Å². The third-order valence-electron chi connectivity index (χ3n) is 8.61. The molecule has 4 unspecified atom stereocenters. The van der Waals surface area contributed by atoms with Gasteiger partial charge in [0.25, 0.3) is 0 Å². The molecule has 0 N–H and O–H groups in total. The Morgan fingerprint density at radius 3 is 2.46 bits per heavy atom. The van der Waals surface area contributed by atoms with E-state index >= 15 is 0 Å². The molecular formula is C35H48. The van der Waals surface area contributed by atoms with Crippen LogP contribution in [-0.4, -0.2) is 0 Å². The van der Waals surface area contributed by atoms with Crippen molar-refractivity contribution in [3.63, 3.8) is 0 Å². The van der Waals surface area contributed by atoms with Crippen LogP contribution in [0.3, 0.4) is 0 Å². The Kier molecular flexibility index (Phi) is 10.2. The summed E-state index contributed by atoms with van der Waals surface area (Å²) in [6.45, 7) is 19.6. The number of allylic oxidation sites excluding steroid dienone is 16. The summed E-state index contributed by atoms with van der Waals surface area (Å²) in [7, 11) is 0. The summed E-state index contributed by atoms with van der Waals surface area (Å²) in [4.78, 5) is 0. The minimum absolute atomic E-state index is 0.436. The van der Waals surface area contributed by atoms with Gasteiger partial charge in [-0.3, -0.25) is 0 Å². The van der Waals surface area contributed by atoms with E-state index in [1.807, 2.05) is 0 Å². The molecule has 3 aliphatic rings. The lowest BCUT2D eigenvalue weighted by Crippen LogP contribution is -2.19. The predicted molar refractivity (Wildman–Crippen MR) is 156 cm³/mol. The summed E-state index contributed by atoms with van der Waals surface area (Å²) in [5.41, 5.74) is 10.8. The van der Waals surface area contributed by atoms with E-state index in [1.165, 1.54) is 55.2 Å². The molecule has 188 valence electrons. The summed E-state index contributed by atoms with van der Waals surface area (Å²) in [5.74, 6) is 2.33. The maximum absolute atomic E-state index is 4.29.